The largest absolute Gasteiger partial charge is 0.462 e. The van der Waals surface area contributed by atoms with E-state index in [2.05, 4.69) is 28.5 Å². The van der Waals surface area contributed by atoms with E-state index in [0.29, 0.717) is 36.6 Å². The van der Waals surface area contributed by atoms with Crippen LogP contribution in [0, 0.1) is 12.3 Å². The smallest absolute Gasteiger partial charge is 0.340 e. The number of hydrogen-bond acceptors (Lipinski definition) is 5. The van der Waals surface area contributed by atoms with Gasteiger partial charge in [-0.25, -0.2) is 4.79 Å². The van der Waals surface area contributed by atoms with Crippen LogP contribution in [0.5, 0.6) is 0 Å². The fourth-order valence-corrected chi connectivity index (χ4v) is 2.83. The van der Waals surface area contributed by atoms with E-state index in [1.165, 1.54) is 32.3 Å². The van der Waals surface area contributed by atoms with Crippen LogP contribution < -0.4 is 5.32 Å². The number of unbranched alkanes of at least 4 members (excludes halogenated alkanes) is 5. The predicted molar refractivity (Wildman–Crippen MR) is 120 cm³/mol. The highest BCUT2D eigenvalue weighted by molar-refractivity contribution is 5.99. The number of benzene rings is 1. The predicted octanol–water partition coefficient (Wildman–Crippen LogP) is 5.48. The first-order valence-corrected chi connectivity index (χ1v) is 10.7. The van der Waals surface area contributed by atoms with E-state index in [-0.39, 0.29) is 11.5 Å². The second-order valence-electron chi connectivity index (χ2n) is 6.97. The number of anilines is 1. The van der Waals surface area contributed by atoms with Gasteiger partial charge in [-0.15, -0.1) is 11.5 Å². The molecule has 7 nitrogen and oxygen atoms in total. The second kappa shape index (κ2) is 14.2. The molecule has 164 valence electrons. The minimum atomic E-state index is -0.507. The van der Waals surface area contributed by atoms with Crippen LogP contribution in [0.25, 0.3) is 0 Å². The van der Waals surface area contributed by atoms with E-state index in [1.807, 2.05) is 13.8 Å². The van der Waals surface area contributed by atoms with E-state index in [1.54, 1.807) is 11.1 Å². The van der Waals surface area contributed by atoms with Crippen molar-refractivity contribution < 1.29 is 14.3 Å². The lowest BCUT2D eigenvalue weighted by Crippen LogP contribution is -2.15. The zero-order chi connectivity index (χ0) is 22.4. The van der Waals surface area contributed by atoms with Crippen molar-refractivity contribution in [2.24, 2.45) is 10.3 Å². The van der Waals surface area contributed by atoms with Crippen LogP contribution in [-0.4, -0.2) is 36.6 Å². The van der Waals surface area contributed by atoms with E-state index >= 15 is 0 Å². The summed E-state index contributed by atoms with van der Waals surface area (Å²) in [5.74, 6) is 1.73. The summed E-state index contributed by atoms with van der Waals surface area (Å²) in [5, 5.41) is 12.8. The lowest BCUT2D eigenvalue weighted by Gasteiger charge is -2.14. The van der Waals surface area contributed by atoms with Gasteiger partial charge in [0, 0.05) is 20.0 Å². The van der Waals surface area contributed by atoms with Crippen LogP contribution in [0.4, 0.5) is 11.4 Å². The minimum absolute atomic E-state index is 0.222. The third-order valence-electron chi connectivity index (χ3n) is 4.56. The van der Waals surface area contributed by atoms with Gasteiger partial charge < -0.3 is 10.1 Å². The van der Waals surface area contributed by atoms with Gasteiger partial charge in [-0.1, -0.05) is 50.2 Å². The van der Waals surface area contributed by atoms with Gasteiger partial charge >= 0.3 is 5.97 Å². The molecule has 0 spiro atoms. The maximum absolute atomic E-state index is 12.7. The van der Waals surface area contributed by atoms with Gasteiger partial charge in [0.15, 0.2) is 0 Å². The lowest BCUT2D eigenvalue weighted by atomic mass is 10.1. The fraction of sp³-hybridized carbons (Fsp3) is 0.565. The summed E-state index contributed by atoms with van der Waals surface area (Å²) >= 11 is 0. The molecule has 0 aliphatic heterocycles. The Balaban J connectivity index is 3.01. The van der Waals surface area contributed by atoms with Crippen molar-refractivity contribution >= 4 is 23.3 Å². The SMILES string of the molecule is C#Cc1cc(N=NN(CC)CC)c(C(=O)OCCCCCCCC)cc1NC(C)=O. The average Bonchev–Trinajstić information content (AvgIpc) is 2.73. The third kappa shape index (κ3) is 8.64. The molecule has 1 aromatic rings. The number of esters is 1. The zero-order valence-corrected chi connectivity index (χ0v) is 18.7. The van der Waals surface area contributed by atoms with Crippen molar-refractivity contribution in [1.29, 1.82) is 0 Å². The Hall–Kier alpha value is -2.88. The summed E-state index contributed by atoms with van der Waals surface area (Å²) in [6, 6.07) is 3.08. The summed E-state index contributed by atoms with van der Waals surface area (Å²) in [4.78, 5) is 24.2. The Morgan fingerprint density at radius 3 is 2.37 bits per heavy atom. The Morgan fingerprint density at radius 1 is 1.10 bits per heavy atom. The highest BCUT2D eigenvalue weighted by Crippen LogP contribution is 2.29. The van der Waals surface area contributed by atoms with Gasteiger partial charge in [0.1, 0.15) is 5.69 Å². The highest BCUT2D eigenvalue weighted by Gasteiger charge is 2.18. The van der Waals surface area contributed by atoms with Crippen molar-refractivity contribution in [2.45, 2.75) is 66.2 Å². The number of carbonyl (C=O) groups is 2. The maximum Gasteiger partial charge on any atom is 0.340 e. The van der Waals surface area contributed by atoms with Crippen LogP contribution >= 0.6 is 0 Å². The van der Waals surface area contributed by atoms with E-state index in [9.17, 15) is 9.59 Å². The number of nitrogens with zero attached hydrogens (tertiary/aromatic N) is 3. The Morgan fingerprint density at radius 2 is 1.77 bits per heavy atom. The molecule has 30 heavy (non-hydrogen) atoms. The summed E-state index contributed by atoms with van der Waals surface area (Å²) in [6.07, 6.45) is 12.2. The molecule has 0 saturated carbocycles. The van der Waals surface area contributed by atoms with Crippen LogP contribution in [0.1, 0.15) is 82.1 Å². The monoisotopic (exact) mass is 414 g/mol. The molecule has 1 aromatic carbocycles. The molecule has 0 atom stereocenters. The number of nitrogens with one attached hydrogen (secondary N) is 1. The molecular formula is C23H34N4O3. The van der Waals surface area contributed by atoms with Crippen molar-refractivity contribution in [3.05, 3.63) is 23.3 Å². The maximum atomic E-state index is 12.7. The highest BCUT2D eigenvalue weighted by atomic mass is 16.5. The molecule has 7 heteroatoms. The molecule has 0 fully saturated rings. The molecule has 0 heterocycles. The summed E-state index contributed by atoms with van der Waals surface area (Å²) in [7, 11) is 0. The first-order valence-electron chi connectivity index (χ1n) is 10.7. The fourth-order valence-electron chi connectivity index (χ4n) is 2.83. The molecule has 1 N–H and O–H groups in total. The van der Waals surface area contributed by atoms with Crippen molar-refractivity contribution in [3.63, 3.8) is 0 Å². The van der Waals surface area contributed by atoms with Crippen LogP contribution in [0.3, 0.4) is 0 Å². The third-order valence-corrected chi connectivity index (χ3v) is 4.56. The molecule has 0 bridgehead atoms. The average molecular weight is 415 g/mol. The number of terminal acetylenes is 1. The number of rotatable bonds is 13. The molecule has 1 amide bonds. The van der Waals surface area contributed by atoms with Crippen LogP contribution in [0.2, 0.25) is 0 Å². The van der Waals surface area contributed by atoms with Gasteiger partial charge in [-0.2, -0.15) is 0 Å². The molecule has 0 aromatic heterocycles. The first-order chi connectivity index (χ1) is 14.5. The summed E-state index contributed by atoms with van der Waals surface area (Å²) in [5.41, 5.74) is 1.33. The Labute approximate surface area is 180 Å². The Bertz CT molecular complexity index is 764. The number of amides is 1. The number of hydrogen-bond donors (Lipinski definition) is 1. The molecule has 0 radical (unpaired) electrons. The zero-order valence-electron chi connectivity index (χ0n) is 18.7. The van der Waals surface area contributed by atoms with Crippen molar-refractivity contribution in [2.75, 3.05) is 25.0 Å². The molecule has 1 rings (SSSR count). The second-order valence-corrected chi connectivity index (χ2v) is 6.97. The lowest BCUT2D eigenvalue weighted by molar-refractivity contribution is -0.114. The molecule has 0 saturated heterocycles. The molecular weight excluding hydrogens is 380 g/mol. The van der Waals surface area contributed by atoms with Gasteiger partial charge in [0.25, 0.3) is 0 Å². The van der Waals surface area contributed by atoms with E-state index in [4.69, 9.17) is 11.2 Å². The van der Waals surface area contributed by atoms with Crippen LogP contribution in [-0.2, 0) is 9.53 Å². The van der Waals surface area contributed by atoms with Crippen molar-refractivity contribution in [1.82, 2.24) is 5.01 Å². The number of carbonyl (C=O) groups excluding carboxylic acids is 2. The standard InChI is InChI=1S/C23H34N4O3/c1-6-10-11-12-13-14-15-30-23(29)20-17-21(24-18(5)28)19(7-2)16-22(20)25-26-27(8-3)9-4/h2,16-17H,6,8-15H2,1,3-5H3,(H,24,28). The van der Waals surface area contributed by atoms with E-state index < -0.39 is 5.97 Å². The molecule has 0 unspecified atom stereocenters. The van der Waals surface area contributed by atoms with Crippen LogP contribution in [0.15, 0.2) is 22.5 Å². The van der Waals surface area contributed by atoms with Gasteiger partial charge in [-0.3, -0.25) is 9.80 Å². The topological polar surface area (TPSA) is 83.4 Å². The van der Waals surface area contributed by atoms with E-state index in [0.717, 1.165) is 19.3 Å². The van der Waals surface area contributed by atoms with Gasteiger partial charge in [0.2, 0.25) is 5.91 Å². The van der Waals surface area contributed by atoms with Crippen molar-refractivity contribution in [3.8, 4) is 12.3 Å². The quantitative estimate of drug-likeness (QED) is 0.152. The normalized spacial score (nSPS) is 10.6. The minimum Gasteiger partial charge on any atom is -0.462 e. The first kappa shape index (κ1) is 25.2. The summed E-state index contributed by atoms with van der Waals surface area (Å²) < 4.78 is 5.45. The van der Waals surface area contributed by atoms with Gasteiger partial charge in [-0.05, 0) is 32.4 Å². The number of ether oxygens (including phenoxy) is 1. The molecule has 0 aliphatic carbocycles. The molecule has 0 aliphatic rings. The van der Waals surface area contributed by atoms with Gasteiger partial charge in [0.05, 0.1) is 23.4 Å². The Kier molecular flexibility index (Phi) is 11.9. The summed E-state index contributed by atoms with van der Waals surface area (Å²) in [6.45, 7) is 9.19.